The first-order chi connectivity index (χ1) is 18.9. The van der Waals surface area contributed by atoms with Gasteiger partial charge in [0.05, 0.1) is 58.7 Å². The third kappa shape index (κ3) is 20.8. The Balaban J connectivity index is 4.01. The Morgan fingerprint density at radius 3 is 1.82 bits per heavy atom. The highest BCUT2D eigenvalue weighted by Gasteiger charge is 2.38. The molecular weight excluding hydrogens is 545 g/mol. The van der Waals surface area contributed by atoms with E-state index in [4.69, 9.17) is 14.2 Å². The molecule has 0 heterocycles. The summed E-state index contributed by atoms with van der Waals surface area (Å²) < 4.78 is 51.6. The van der Waals surface area contributed by atoms with Gasteiger partial charge in [-0.2, -0.15) is 13.2 Å². The van der Waals surface area contributed by atoms with Crippen LogP contribution in [-0.4, -0.2) is 107 Å². The second-order valence-electron chi connectivity index (χ2n) is 8.57. The first-order valence-corrected chi connectivity index (χ1v) is 12.7. The van der Waals surface area contributed by atoms with E-state index in [-0.39, 0.29) is 11.6 Å². The summed E-state index contributed by atoms with van der Waals surface area (Å²) in [5.41, 5.74) is 0. The van der Waals surface area contributed by atoms with Crippen molar-refractivity contribution in [3.8, 4) is 0 Å². The van der Waals surface area contributed by atoms with Gasteiger partial charge in [0.1, 0.15) is 5.78 Å². The predicted molar refractivity (Wildman–Crippen MR) is 134 cm³/mol. The molecule has 0 aliphatic carbocycles. The van der Waals surface area contributed by atoms with Crippen LogP contribution in [0.3, 0.4) is 0 Å². The van der Waals surface area contributed by atoms with Crippen LogP contribution < -0.4 is 21.3 Å². The van der Waals surface area contributed by atoms with Crippen LogP contribution in [0.1, 0.15) is 45.4 Å². The van der Waals surface area contributed by atoms with Gasteiger partial charge in [-0.15, -0.1) is 0 Å². The molecule has 0 spiro atoms. The first-order valence-electron chi connectivity index (χ1n) is 12.7. The minimum absolute atomic E-state index is 0.0645. The summed E-state index contributed by atoms with van der Waals surface area (Å²) in [4.78, 5) is 69.6. The lowest BCUT2D eigenvalue weighted by atomic mass is 10.0. The van der Waals surface area contributed by atoms with Crippen molar-refractivity contribution in [2.24, 2.45) is 0 Å². The summed E-state index contributed by atoms with van der Waals surface area (Å²) in [6, 6.07) is -0.781. The van der Waals surface area contributed by atoms with Gasteiger partial charge in [0.25, 0.3) is 0 Å². The Morgan fingerprint density at radius 2 is 1.25 bits per heavy atom. The predicted octanol–water partition coefficient (Wildman–Crippen LogP) is -0.440. The van der Waals surface area contributed by atoms with E-state index in [2.05, 4.69) is 10.6 Å². The molecule has 16 heteroatoms. The normalized spacial score (nSPS) is 11.8. The molecule has 4 N–H and O–H groups in total. The minimum Gasteiger partial charge on any atom is -0.382 e. The van der Waals surface area contributed by atoms with Gasteiger partial charge in [-0.3, -0.25) is 28.8 Å². The van der Waals surface area contributed by atoms with Gasteiger partial charge in [-0.1, -0.05) is 12.8 Å². The lowest BCUT2D eigenvalue weighted by molar-refractivity contribution is -0.173. The van der Waals surface area contributed by atoms with Crippen LogP contribution in [0.25, 0.3) is 0 Å². The van der Waals surface area contributed by atoms with Crippen molar-refractivity contribution < 1.29 is 56.1 Å². The number of methoxy groups -OCH3 is 1. The number of nitrogens with one attached hydrogen (secondary N) is 4. The summed E-state index contributed by atoms with van der Waals surface area (Å²) in [5, 5.41) is 8.02. The van der Waals surface area contributed by atoms with Crippen LogP contribution in [0.15, 0.2) is 0 Å². The number of rotatable bonds is 23. The van der Waals surface area contributed by atoms with Crippen molar-refractivity contribution in [1.82, 2.24) is 21.3 Å². The number of alkyl halides is 3. The van der Waals surface area contributed by atoms with E-state index < -0.39 is 55.5 Å². The van der Waals surface area contributed by atoms with Gasteiger partial charge in [-0.25, -0.2) is 0 Å². The smallest absolute Gasteiger partial charge is 0.382 e. The van der Waals surface area contributed by atoms with Crippen LogP contribution in [0.4, 0.5) is 13.2 Å². The zero-order chi connectivity index (χ0) is 30.4. The molecular formula is C24H39F3N4O9. The number of ketones is 2. The number of ether oxygens (including phenoxy) is 3. The summed E-state index contributed by atoms with van der Waals surface area (Å²) in [7, 11) is 1.58. The molecule has 0 saturated carbocycles. The standard InChI is InChI=1S/C24H39F3N4O9/c1-17(32)19(7-5-3-4-6-18(33)8-9-39-12-13-40-11-10-38-2)31-22(36)16-29-20(34)14-28-21(35)15-30-23(37)24(25,26)27/h19H,3-16H2,1-2H3,(H,28,35)(H,29,34)(H,30,37)(H,31,36). The number of Topliss-reactive ketones (excluding diaryl/α,β-unsaturated/α-hetero) is 2. The number of carbonyl (C=O) groups is 6. The molecule has 230 valence electrons. The quantitative estimate of drug-likeness (QED) is 0.116. The highest BCUT2D eigenvalue weighted by Crippen LogP contribution is 2.13. The Labute approximate surface area is 230 Å². The average molecular weight is 585 g/mol. The minimum atomic E-state index is -5.14. The lowest BCUT2D eigenvalue weighted by Gasteiger charge is -2.16. The van der Waals surface area contributed by atoms with E-state index in [1.165, 1.54) is 12.2 Å². The van der Waals surface area contributed by atoms with Gasteiger partial charge >= 0.3 is 12.1 Å². The number of unbranched alkanes of at least 4 members (excludes halogenated alkanes) is 2. The molecule has 0 aliphatic heterocycles. The lowest BCUT2D eigenvalue weighted by Crippen LogP contribution is -2.48. The highest BCUT2D eigenvalue weighted by atomic mass is 19.4. The highest BCUT2D eigenvalue weighted by molar-refractivity contribution is 5.92. The number of halogens is 3. The molecule has 0 bridgehead atoms. The zero-order valence-corrected chi connectivity index (χ0v) is 22.8. The molecule has 4 amide bonds. The molecule has 0 aromatic carbocycles. The second kappa shape index (κ2) is 21.7. The Morgan fingerprint density at radius 1 is 0.700 bits per heavy atom. The average Bonchev–Trinajstić information content (AvgIpc) is 2.89. The van der Waals surface area contributed by atoms with Crippen molar-refractivity contribution in [1.29, 1.82) is 0 Å². The van der Waals surface area contributed by atoms with Crippen LogP contribution in [0, 0.1) is 0 Å². The molecule has 0 aromatic heterocycles. The number of hydrogen-bond acceptors (Lipinski definition) is 9. The van der Waals surface area contributed by atoms with E-state index >= 15 is 0 Å². The first kappa shape index (κ1) is 36.9. The fourth-order valence-corrected chi connectivity index (χ4v) is 2.99. The molecule has 1 unspecified atom stereocenters. The van der Waals surface area contributed by atoms with Gasteiger partial charge in [0.15, 0.2) is 5.78 Å². The maximum Gasteiger partial charge on any atom is 0.471 e. The summed E-state index contributed by atoms with van der Waals surface area (Å²) in [5.74, 6) is -5.02. The number of hydrogen-bond donors (Lipinski definition) is 4. The SMILES string of the molecule is COCCOCCOCCC(=O)CCCCCC(NC(=O)CNC(=O)CNC(=O)CNC(=O)C(F)(F)F)C(C)=O. The van der Waals surface area contributed by atoms with E-state index in [1.54, 1.807) is 7.11 Å². The molecule has 0 aliphatic rings. The van der Waals surface area contributed by atoms with Gasteiger partial charge in [0, 0.05) is 20.0 Å². The van der Waals surface area contributed by atoms with Gasteiger partial charge in [0.2, 0.25) is 17.7 Å². The number of amides is 4. The molecule has 1 atom stereocenters. The van der Waals surface area contributed by atoms with Crippen LogP contribution >= 0.6 is 0 Å². The number of carbonyl (C=O) groups excluding carboxylic acids is 6. The van der Waals surface area contributed by atoms with Gasteiger partial charge < -0.3 is 35.5 Å². The molecule has 40 heavy (non-hydrogen) atoms. The van der Waals surface area contributed by atoms with Crippen molar-refractivity contribution in [3.63, 3.8) is 0 Å². The fraction of sp³-hybridized carbons (Fsp3) is 0.750. The Kier molecular flexibility index (Phi) is 20.0. The van der Waals surface area contributed by atoms with Gasteiger partial charge in [-0.05, 0) is 19.8 Å². The molecule has 0 aromatic rings. The summed E-state index contributed by atoms with van der Waals surface area (Å²) >= 11 is 0. The maximum absolute atomic E-state index is 12.1. The molecule has 0 fully saturated rings. The third-order valence-electron chi connectivity index (χ3n) is 5.16. The van der Waals surface area contributed by atoms with Crippen molar-refractivity contribution in [2.45, 2.75) is 57.7 Å². The van der Waals surface area contributed by atoms with E-state index in [0.717, 1.165) is 0 Å². The molecule has 0 radical (unpaired) electrons. The zero-order valence-electron chi connectivity index (χ0n) is 22.8. The van der Waals surface area contributed by atoms with Crippen molar-refractivity contribution in [3.05, 3.63) is 0 Å². The fourth-order valence-electron chi connectivity index (χ4n) is 2.99. The topological polar surface area (TPSA) is 178 Å². The molecule has 13 nitrogen and oxygen atoms in total. The van der Waals surface area contributed by atoms with E-state index in [9.17, 15) is 41.9 Å². The van der Waals surface area contributed by atoms with Crippen molar-refractivity contribution in [2.75, 3.05) is 59.8 Å². The largest absolute Gasteiger partial charge is 0.471 e. The second-order valence-corrected chi connectivity index (χ2v) is 8.57. The van der Waals surface area contributed by atoms with Crippen LogP contribution in [0.2, 0.25) is 0 Å². The molecule has 0 saturated heterocycles. The Hall–Kier alpha value is -3.11. The summed E-state index contributed by atoms with van der Waals surface area (Å²) in [6.45, 7) is 1.30. The molecule has 0 rings (SSSR count). The van der Waals surface area contributed by atoms with E-state index in [1.807, 2.05) is 5.32 Å². The van der Waals surface area contributed by atoms with E-state index in [0.29, 0.717) is 71.6 Å². The third-order valence-corrected chi connectivity index (χ3v) is 5.16. The monoisotopic (exact) mass is 584 g/mol. The van der Waals surface area contributed by atoms with Crippen LogP contribution in [-0.2, 0) is 43.0 Å². The van der Waals surface area contributed by atoms with Crippen LogP contribution in [0.5, 0.6) is 0 Å². The van der Waals surface area contributed by atoms with Crippen molar-refractivity contribution >= 4 is 35.2 Å². The summed E-state index contributed by atoms with van der Waals surface area (Å²) in [6.07, 6.45) is -2.25. The Bertz CT molecular complexity index is 826. The maximum atomic E-state index is 12.1.